The summed E-state index contributed by atoms with van der Waals surface area (Å²) in [5.41, 5.74) is 2.13. The first-order valence-electron chi connectivity index (χ1n) is 7.15. The highest BCUT2D eigenvalue weighted by Gasteiger charge is 2.15. The smallest absolute Gasteiger partial charge is 0.303 e. The molecule has 0 saturated carbocycles. The molecule has 0 radical (unpaired) electrons. The fourth-order valence-corrected chi connectivity index (χ4v) is 2.05. The van der Waals surface area contributed by atoms with Crippen molar-refractivity contribution in [2.24, 2.45) is 0 Å². The molecule has 1 aromatic rings. The third-order valence-corrected chi connectivity index (χ3v) is 3.45. The van der Waals surface area contributed by atoms with Gasteiger partial charge in [-0.3, -0.25) is 4.79 Å². The molecule has 20 heavy (non-hydrogen) atoms. The summed E-state index contributed by atoms with van der Waals surface area (Å²) < 4.78 is 0. The van der Waals surface area contributed by atoms with Crippen molar-refractivity contribution in [3.8, 4) is 0 Å². The fourth-order valence-electron chi connectivity index (χ4n) is 2.05. The summed E-state index contributed by atoms with van der Waals surface area (Å²) in [6.07, 6.45) is 0.137. The molecular weight excluding hydrogens is 254 g/mol. The van der Waals surface area contributed by atoms with Crippen LogP contribution in [0.15, 0.2) is 24.3 Å². The van der Waals surface area contributed by atoms with Gasteiger partial charge in [0, 0.05) is 12.5 Å². The third kappa shape index (κ3) is 5.31. The van der Waals surface area contributed by atoms with Crippen molar-refractivity contribution in [1.29, 1.82) is 0 Å². The molecule has 0 spiro atoms. The number of hydrogen-bond acceptors (Lipinski definition) is 3. The van der Waals surface area contributed by atoms with Crippen LogP contribution in [0.3, 0.4) is 0 Å². The Morgan fingerprint density at radius 2 is 1.70 bits per heavy atom. The van der Waals surface area contributed by atoms with E-state index in [0.29, 0.717) is 18.9 Å². The molecule has 0 aromatic heterocycles. The molecule has 0 aliphatic carbocycles. The maximum absolute atomic E-state index is 10.4. The highest BCUT2D eigenvalue weighted by molar-refractivity contribution is 5.66. The number of aliphatic carboxylic acids is 1. The Labute approximate surface area is 120 Å². The van der Waals surface area contributed by atoms with Crippen LogP contribution >= 0.6 is 0 Å². The molecule has 112 valence electrons. The number of aliphatic hydroxyl groups is 1. The quantitative estimate of drug-likeness (QED) is 0.640. The van der Waals surface area contributed by atoms with Gasteiger partial charge in [0.2, 0.25) is 0 Å². The summed E-state index contributed by atoms with van der Waals surface area (Å²) >= 11 is 0. The second-order valence-electron chi connectivity index (χ2n) is 5.51. The van der Waals surface area contributed by atoms with E-state index >= 15 is 0 Å². The second kappa shape index (κ2) is 8.02. The first kappa shape index (κ1) is 16.7. The summed E-state index contributed by atoms with van der Waals surface area (Å²) in [6.45, 7) is 6.77. The van der Waals surface area contributed by atoms with E-state index in [9.17, 15) is 9.90 Å². The molecule has 0 bridgehead atoms. The minimum absolute atomic E-state index is 0.103. The minimum Gasteiger partial charge on any atom is -0.481 e. The Balaban J connectivity index is 2.47. The number of hydrogen-bond donors (Lipinski definition) is 3. The fraction of sp³-hybridized carbons (Fsp3) is 0.562. The van der Waals surface area contributed by atoms with E-state index in [2.05, 4.69) is 19.2 Å². The Morgan fingerprint density at radius 3 is 2.20 bits per heavy atom. The Bertz CT molecular complexity index is 414. The minimum atomic E-state index is -0.788. The zero-order chi connectivity index (χ0) is 15.1. The van der Waals surface area contributed by atoms with Gasteiger partial charge in [0.1, 0.15) is 0 Å². The lowest BCUT2D eigenvalue weighted by atomic mass is 9.98. The van der Waals surface area contributed by atoms with Crippen molar-refractivity contribution in [1.82, 2.24) is 5.32 Å². The number of rotatable bonds is 8. The molecule has 1 rings (SSSR count). The van der Waals surface area contributed by atoms with Gasteiger partial charge in [-0.1, -0.05) is 38.1 Å². The van der Waals surface area contributed by atoms with Crippen molar-refractivity contribution in [2.75, 3.05) is 6.54 Å². The maximum Gasteiger partial charge on any atom is 0.303 e. The molecule has 0 aliphatic rings. The van der Waals surface area contributed by atoms with E-state index in [4.69, 9.17) is 5.11 Å². The van der Waals surface area contributed by atoms with Gasteiger partial charge in [0.15, 0.2) is 0 Å². The third-order valence-electron chi connectivity index (χ3n) is 3.45. The summed E-state index contributed by atoms with van der Waals surface area (Å²) in [5.74, 6) is -0.308. The van der Waals surface area contributed by atoms with Crippen LogP contribution < -0.4 is 5.32 Å². The van der Waals surface area contributed by atoms with Crippen molar-refractivity contribution in [3.63, 3.8) is 0 Å². The molecule has 0 fully saturated rings. The van der Waals surface area contributed by atoms with Crippen LogP contribution in [0.1, 0.15) is 56.8 Å². The normalized spacial score (nSPS) is 14.2. The van der Waals surface area contributed by atoms with Gasteiger partial charge in [0.25, 0.3) is 0 Å². The van der Waals surface area contributed by atoms with E-state index in [1.807, 2.05) is 31.2 Å². The molecule has 1 aromatic carbocycles. The van der Waals surface area contributed by atoms with Gasteiger partial charge < -0.3 is 15.5 Å². The van der Waals surface area contributed by atoms with Gasteiger partial charge >= 0.3 is 5.97 Å². The summed E-state index contributed by atoms with van der Waals surface area (Å²) in [5, 5.41) is 22.0. The summed E-state index contributed by atoms with van der Waals surface area (Å²) in [7, 11) is 0. The predicted octanol–water partition coefficient (Wildman–Crippen LogP) is 2.69. The summed E-state index contributed by atoms with van der Waals surface area (Å²) in [6, 6.07) is 7.89. The molecule has 0 saturated heterocycles. The van der Waals surface area contributed by atoms with Crippen molar-refractivity contribution < 1.29 is 15.0 Å². The van der Waals surface area contributed by atoms with E-state index in [0.717, 1.165) is 5.56 Å². The standard InChI is InChI=1S/C16H25NO3/c1-11(2)13-6-8-14(9-7-13)16(20)12(3)17-10-4-5-15(18)19/h6-9,11-12,16-17,20H,4-5,10H2,1-3H3,(H,18,19). The van der Waals surface area contributed by atoms with Crippen molar-refractivity contribution in [3.05, 3.63) is 35.4 Å². The van der Waals surface area contributed by atoms with Crippen LogP contribution in [0.25, 0.3) is 0 Å². The maximum atomic E-state index is 10.4. The number of carbonyl (C=O) groups is 1. The molecule has 0 aliphatic heterocycles. The zero-order valence-corrected chi connectivity index (χ0v) is 12.5. The Kier molecular flexibility index (Phi) is 6.68. The highest BCUT2D eigenvalue weighted by Crippen LogP contribution is 2.20. The number of benzene rings is 1. The lowest BCUT2D eigenvalue weighted by molar-refractivity contribution is -0.137. The predicted molar refractivity (Wildman–Crippen MR) is 79.8 cm³/mol. The van der Waals surface area contributed by atoms with E-state index < -0.39 is 12.1 Å². The molecule has 0 heterocycles. The van der Waals surface area contributed by atoms with Gasteiger partial charge in [-0.05, 0) is 36.9 Å². The van der Waals surface area contributed by atoms with Gasteiger partial charge in [-0.2, -0.15) is 0 Å². The Morgan fingerprint density at radius 1 is 1.15 bits per heavy atom. The molecular formula is C16H25NO3. The first-order chi connectivity index (χ1) is 9.41. The van der Waals surface area contributed by atoms with Crippen molar-refractivity contribution >= 4 is 5.97 Å². The lowest BCUT2D eigenvalue weighted by Crippen LogP contribution is -2.33. The van der Waals surface area contributed by atoms with Gasteiger partial charge in [-0.15, -0.1) is 0 Å². The van der Waals surface area contributed by atoms with E-state index in [-0.39, 0.29) is 12.5 Å². The SMILES string of the molecule is CC(C)c1ccc(C(O)C(C)NCCCC(=O)O)cc1. The number of carboxylic acid groups (broad SMARTS) is 1. The van der Waals surface area contributed by atoms with E-state index in [1.165, 1.54) is 5.56 Å². The molecule has 2 atom stereocenters. The molecule has 3 N–H and O–H groups in total. The molecule has 4 heteroatoms. The largest absolute Gasteiger partial charge is 0.481 e. The number of nitrogens with one attached hydrogen (secondary N) is 1. The van der Waals surface area contributed by atoms with Gasteiger partial charge in [0.05, 0.1) is 6.10 Å². The lowest BCUT2D eigenvalue weighted by Gasteiger charge is -2.21. The van der Waals surface area contributed by atoms with Crippen molar-refractivity contribution in [2.45, 2.75) is 51.7 Å². The van der Waals surface area contributed by atoms with Crippen LogP contribution in [0.4, 0.5) is 0 Å². The van der Waals surface area contributed by atoms with E-state index in [1.54, 1.807) is 0 Å². The molecule has 0 amide bonds. The number of aliphatic hydroxyl groups excluding tert-OH is 1. The van der Waals surface area contributed by atoms with Crippen LogP contribution in [-0.4, -0.2) is 28.8 Å². The van der Waals surface area contributed by atoms with Crippen LogP contribution in [0.5, 0.6) is 0 Å². The average Bonchev–Trinajstić information content (AvgIpc) is 2.42. The van der Waals surface area contributed by atoms with Crippen LogP contribution in [0, 0.1) is 0 Å². The highest BCUT2D eigenvalue weighted by atomic mass is 16.4. The number of carboxylic acids is 1. The molecule has 4 nitrogen and oxygen atoms in total. The van der Waals surface area contributed by atoms with Gasteiger partial charge in [-0.25, -0.2) is 0 Å². The monoisotopic (exact) mass is 279 g/mol. The van der Waals surface area contributed by atoms with Crippen LogP contribution in [-0.2, 0) is 4.79 Å². The average molecular weight is 279 g/mol. The zero-order valence-electron chi connectivity index (χ0n) is 12.5. The first-order valence-corrected chi connectivity index (χ1v) is 7.15. The Hall–Kier alpha value is -1.39. The second-order valence-corrected chi connectivity index (χ2v) is 5.51. The molecule has 2 unspecified atom stereocenters. The topological polar surface area (TPSA) is 69.6 Å². The van der Waals surface area contributed by atoms with Crippen LogP contribution in [0.2, 0.25) is 0 Å². The summed E-state index contributed by atoms with van der Waals surface area (Å²) in [4.78, 5) is 10.4.